The number of hydrogen-bond donors (Lipinski definition) is 1. The van der Waals surface area contributed by atoms with Crippen LogP contribution in [0.5, 0.6) is 11.5 Å². The van der Waals surface area contributed by atoms with Crippen molar-refractivity contribution in [2.75, 3.05) is 12.1 Å². The molecule has 0 unspecified atom stereocenters. The van der Waals surface area contributed by atoms with Gasteiger partial charge in [0, 0.05) is 10.9 Å². The van der Waals surface area contributed by atoms with Gasteiger partial charge in [0.2, 0.25) is 0 Å². The predicted molar refractivity (Wildman–Crippen MR) is 126 cm³/mol. The maximum atomic E-state index is 13.1. The molecule has 3 aromatic carbocycles. The minimum absolute atomic E-state index is 0.242. The van der Waals surface area contributed by atoms with Crippen LogP contribution in [0, 0.1) is 0 Å². The van der Waals surface area contributed by atoms with E-state index >= 15 is 0 Å². The Morgan fingerprint density at radius 1 is 1.00 bits per heavy atom. The van der Waals surface area contributed by atoms with Gasteiger partial charge in [-0.15, -0.1) is 11.3 Å². The van der Waals surface area contributed by atoms with E-state index in [-0.39, 0.29) is 5.91 Å². The van der Waals surface area contributed by atoms with Crippen LogP contribution in [0.1, 0.15) is 21.6 Å². The molecular formula is C25H23N3O3S. The number of aromatic nitrogens is 1. The third-order valence-corrected chi connectivity index (χ3v) is 5.41. The zero-order valence-electron chi connectivity index (χ0n) is 17.6. The monoisotopic (exact) mass is 445 g/mol. The minimum atomic E-state index is -0.242. The second-order valence-corrected chi connectivity index (χ2v) is 7.70. The van der Waals surface area contributed by atoms with E-state index in [1.165, 1.54) is 11.3 Å². The molecule has 0 aliphatic carbocycles. The number of rotatable bonds is 9. The topological polar surface area (TPSA) is 63.7 Å². The molecule has 1 N–H and O–H groups in total. The van der Waals surface area contributed by atoms with E-state index in [1.807, 2.05) is 71.1 Å². The maximum Gasteiger partial charge on any atom is 0.269 e. The molecule has 162 valence electrons. The van der Waals surface area contributed by atoms with Crippen LogP contribution < -0.4 is 19.9 Å². The van der Waals surface area contributed by atoms with Crippen molar-refractivity contribution in [3.05, 3.63) is 107 Å². The number of ether oxygens (including phenoxy) is 2. The first-order valence-electron chi connectivity index (χ1n) is 10.1. The number of carbonyl (C=O) groups excluding carboxylic acids is 1. The molecule has 0 saturated heterocycles. The summed E-state index contributed by atoms with van der Waals surface area (Å²) in [7, 11) is 1.55. The van der Waals surface area contributed by atoms with Gasteiger partial charge in [-0.25, -0.2) is 4.98 Å². The van der Waals surface area contributed by atoms with E-state index < -0.39 is 0 Å². The van der Waals surface area contributed by atoms with Crippen molar-refractivity contribution in [1.82, 2.24) is 10.4 Å². The Hall–Kier alpha value is -3.84. The van der Waals surface area contributed by atoms with Crippen molar-refractivity contribution in [3.8, 4) is 11.5 Å². The average molecular weight is 446 g/mol. The molecule has 1 amide bonds. The third kappa shape index (κ3) is 5.44. The molecule has 32 heavy (non-hydrogen) atoms. The molecule has 7 heteroatoms. The quantitative estimate of drug-likeness (QED) is 0.364. The number of hydrogen-bond acceptors (Lipinski definition) is 6. The van der Waals surface area contributed by atoms with Crippen LogP contribution >= 0.6 is 11.3 Å². The van der Waals surface area contributed by atoms with Crippen LogP contribution in [-0.2, 0) is 13.2 Å². The van der Waals surface area contributed by atoms with Crippen LogP contribution in [0.25, 0.3) is 0 Å². The number of benzene rings is 3. The molecule has 0 fully saturated rings. The van der Waals surface area contributed by atoms with Crippen molar-refractivity contribution in [3.63, 3.8) is 0 Å². The minimum Gasteiger partial charge on any atom is -0.493 e. The number of thiazole rings is 1. The summed E-state index contributed by atoms with van der Waals surface area (Å²) in [5.74, 6) is 0.803. The van der Waals surface area contributed by atoms with Crippen molar-refractivity contribution in [2.24, 2.45) is 0 Å². The molecule has 0 aliphatic heterocycles. The number of nitrogens with zero attached hydrogens (tertiary/aromatic N) is 2. The van der Waals surface area contributed by atoms with E-state index in [0.29, 0.717) is 30.2 Å². The zero-order valence-corrected chi connectivity index (χ0v) is 18.4. The molecule has 0 atom stereocenters. The fraction of sp³-hybridized carbons (Fsp3) is 0.120. The van der Waals surface area contributed by atoms with Crippen LogP contribution in [0.4, 0.5) is 5.69 Å². The van der Waals surface area contributed by atoms with Gasteiger partial charge in [0.05, 0.1) is 30.5 Å². The molecule has 0 radical (unpaired) electrons. The van der Waals surface area contributed by atoms with Gasteiger partial charge in [-0.05, 0) is 35.9 Å². The normalized spacial score (nSPS) is 10.4. The van der Waals surface area contributed by atoms with E-state index in [0.717, 1.165) is 16.9 Å². The van der Waals surface area contributed by atoms with Gasteiger partial charge >= 0.3 is 0 Å². The number of carbonyl (C=O) groups is 1. The van der Waals surface area contributed by atoms with E-state index in [1.54, 1.807) is 30.8 Å². The lowest BCUT2D eigenvalue weighted by atomic mass is 10.2. The van der Waals surface area contributed by atoms with E-state index in [4.69, 9.17) is 9.47 Å². The largest absolute Gasteiger partial charge is 0.493 e. The summed E-state index contributed by atoms with van der Waals surface area (Å²) in [6.45, 7) is 0.868. The van der Waals surface area contributed by atoms with Gasteiger partial charge in [-0.3, -0.25) is 15.2 Å². The van der Waals surface area contributed by atoms with Gasteiger partial charge in [0.15, 0.2) is 11.5 Å². The first-order valence-corrected chi connectivity index (χ1v) is 11.0. The van der Waals surface area contributed by atoms with Gasteiger partial charge in [0.25, 0.3) is 5.91 Å². The highest BCUT2D eigenvalue weighted by atomic mass is 32.1. The fourth-order valence-electron chi connectivity index (χ4n) is 3.15. The summed E-state index contributed by atoms with van der Waals surface area (Å²) in [5, 5.41) is 3.76. The van der Waals surface area contributed by atoms with Crippen LogP contribution in [0.3, 0.4) is 0 Å². The van der Waals surface area contributed by atoms with Crippen molar-refractivity contribution in [2.45, 2.75) is 13.2 Å². The number of nitrogens with one attached hydrogen (secondary N) is 1. The second-order valence-electron chi connectivity index (χ2n) is 6.98. The number of methoxy groups -OCH3 is 1. The summed E-state index contributed by atoms with van der Waals surface area (Å²) in [5.41, 5.74) is 8.06. The Labute approximate surface area is 191 Å². The molecule has 6 nitrogen and oxygen atoms in total. The Morgan fingerprint density at radius 2 is 1.75 bits per heavy atom. The average Bonchev–Trinajstić information content (AvgIpc) is 3.37. The number of anilines is 1. The first-order chi connectivity index (χ1) is 15.7. The highest BCUT2D eigenvalue weighted by molar-refractivity contribution is 7.07. The summed E-state index contributed by atoms with van der Waals surface area (Å²) >= 11 is 1.52. The summed E-state index contributed by atoms with van der Waals surface area (Å²) in [4.78, 5) is 17.3. The summed E-state index contributed by atoms with van der Waals surface area (Å²) in [6, 6.07) is 24.9. The Morgan fingerprint density at radius 3 is 2.44 bits per heavy atom. The van der Waals surface area contributed by atoms with Crippen LogP contribution in [0.2, 0.25) is 0 Å². The standard InChI is InChI=1S/C25H23N3O3S/c1-30-24-14-20(12-13-23(24)31-16-21-17-32-18-26-21)25(29)27-28(22-10-6-3-7-11-22)15-19-8-4-2-5-9-19/h2-14,17-18H,15-16H2,1H3,(H,27,29). The van der Waals surface area contributed by atoms with Crippen LogP contribution in [-0.4, -0.2) is 18.0 Å². The van der Waals surface area contributed by atoms with Gasteiger partial charge in [0.1, 0.15) is 6.61 Å². The van der Waals surface area contributed by atoms with E-state index in [2.05, 4.69) is 10.4 Å². The Balaban J connectivity index is 1.51. The van der Waals surface area contributed by atoms with Gasteiger partial charge in [-0.1, -0.05) is 48.5 Å². The first kappa shape index (κ1) is 21.4. The highest BCUT2D eigenvalue weighted by Gasteiger charge is 2.16. The molecule has 1 heterocycles. The predicted octanol–water partition coefficient (Wildman–Crippen LogP) is 5.08. The second kappa shape index (κ2) is 10.5. The zero-order chi connectivity index (χ0) is 22.2. The highest BCUT2D eigenvalue weighted by Crippen LogP contribution is 2.29. The molecule has 1 aromatic heterocycles. The molecular weight excluding hydrogens is 422 g/mol. The van der Waals surface area contributed by atoms with Crippen LogP contribution in [0.15, 0.2) is 89.8 Å². The number of para-hydroxylation sites is 1. The van der Waals surface area contributed by atoms with Crippen molar-refractivity contribution in [1.29, 1.82) is 0 Å². The molecule has 0 saturated carbocycles. The lowest BCUT2D eigenvalue weighted by molar-refractivity contribution is 0.0947. The third-order valence-electron chi connectivity index (χ3n) is 4.77. The number of amides is 1. The summed E-state index contributed by atoms with van der Waals surface area (Å²) < 4.78 is 11.3. The lowest BCUT2D eigenvalue weighted by Crippen LogP contribution is -2.42. The van der Waals surface area contributed by atoms with Crippen molar-refractivity contribution < 1.29 is 14.3 Å². The molecule has 4 aromatic rings. The Bertz CT molecular complexity index is 1140. The van der Waals surface area contributed by atoms with Gasteiger partial charge < -0.3 is 9.47 Å². The summed E-state index contributed by atoms with van der Waals surface area (Å²) in [6.07, 6.45) is 0. The molecule has 0 bridgehead atoms. The van der Waals surface area contributed by atoms with E-state index in [9.17, 15) is 4.79 Å². The molecule has 0 spiro atoms. The van der Waals surface area contributed by atoms with Gasteiger partial charge in [-0.2, -0.15) is 0 Å². The SMILES string of the molecule is COc1cc(C(=O)NN(Cc2ccccc2)c2ccccc2)ccc1OCc1cscn1. The molecule has 0 aliphatic rings. The Kier molecular flexibility index (Phi) is 6.99. The maximum absolute atomic E-state index is 13.1. The smallest absolute Gasteiger partial charge is 0.269 e. The fourth-order valence-corrected chi connectivity index (χ4v) is 3.69. The lowest BCUT2D eigenvalue weighted by Gasteiger charge is -2.25. The van der Waals surface area contributed by atoms with Crippen molar-refractivity contribution >= 4 is 22.9 Å². The molecule has 4 rings (SSSR count). The number of hydrazine groups is 1.